The fourth-order valence-electron chi connectivity index (χ4n) is 2.10. The largest absolute Gasteiger partial charge is 0.494 e. The molecule has 2 N–H and O–H groups in total. The van der Waals surface area contributed by atoms with Gasteiger partial charge in [-0.15, -0.1) is 0 Å². The first kappa shape index (κ1) is 11.4. The third kappa shape index (κ3) is 2.03. The molecule has 0 spiro atoms. The van der Waals surface area contributed by atoms with Gasteiger partial charge in [0.2, 0.25) is 0 Å². The van der Waals surface area contributed by atoms with Crippen molar-refractivity contribution < 1.29 is 13.9 Å². The summed E-state index contributed by atoms with van der Waals surface area (Å²) in [4.78, 5) is 0. The zero-order valence-corrected chi connectivity index (χ0v) is 9.28. The number of benzene rings is 1. The molecule has 0 radical (unpaired) electrons. The van der Waals surface area contributed by atoms with Crippen molar-refractivity contribution in [2.24, 2.45) is 11.7 Å². The summed E-state index contributed by atoms with van der Waals surface area (Å²) in [5.41, 5.74) is 6.50. The summed E-state index contributed by atoms with van der Waals surface area (Å²) in [6, 6.07) is 4.93. The number of halogens is 1. The molecule has 1 aliphatic rings. The summed E-state index contributed by atoms with van der Waals surface area (Å²) in [5.74, 6) is 0.185. The summed E-state index contributed by atoms with van der Waals surface area (Å²) < 4.78 is 24.0. The van der Waals surface area contributed by atoms with Crippen molar-refractivity contribution >= 4 is 0 Å². The number of hydrogen-bond donors (Lipinski definition) is 1. The molecule has 0 aliphatic carbocycles. The van der Waals surface area contributed by atoms with Crippen molar-refractivity contribution in [3.05, 3.63) is 29.6 Å². The number of ether oxygens (including phenoxy) is 2. The number of rotatable bonds is 3. The lowest BCUT2D eigenvalue weighted by Crippen LogP contribution is -2.17. The third-order valence-corrected chi connectivity index (χ3v) is 3.02. The van der Waals surface area contributed by atoms with Crippen molar-refractivity contribution in [2.75, 3.05) is 20.3 Å². The van der Waals surface area contributed by atoms with Crippen molar-refractivity contribution in [3.63, 3.8) is 0 Å². The Morgan fingerprint density at radius 2 is 2.38 bits per heavy atom. The number of methoxy groups -OCH3 is 1. The first-order valence-electron chi connectivity index (χ1n) is 5.41. The average Bonchev–Trinajstić information content (AvgIpc) is 2.77. The Bertz CT molecular complexity index is 370. The highest BCUT2D eigenvalue weighted by Gasteiger charge is 2.28. The second kappa shape index (κ2) is 4.80. The molecule has 88 valence electrons. The summed E-state index contributed by atoms with van der Waals surface area (Å²) >= 11 is 0. The van der Waals surface area contributed by atoms with E-state index in [1.165, 1.54) is 13.2 Å². The van der Waals surface area contributed by atoms with Crippen LogP contribution in [0, 0.1) is 11.7 Å². The summed E-state index contributed by atoms with van der Waals surface area (Å²) in [6.07, 6.45) is 0.861. The first-order chi connectivity index (χ1) is 7.76. The standard InChI is InChI=1S/C12H16FNO2/c1-15-11-3-2-8(6-10(11)13)12-9(7-14)4-5-16-12/h2-3,6,9,12H,4-5,7,14H2,1H3. The van der Waals surface area contributed by atoms with E-state index in [0.29, 0.717) is 13.2 Å². The molecule has 1 aromatic rings. The van der Waals surface area contributed by atoms with Crippen molar-refractivity contribution in [1.82, 2.24) is 0 Å². The molecule has 0 saturated carbocycles. The molecule has 1 saturated heterocycles. The molecular weight excluding hydrogens is 209 g/mol. The van der Waals surface area contributed by atoms with Gasteiger partial charge < -0.3 is 15.2 Å². The molecular formula is C12H16FNO2. The van der Waals surface area contributed by atoms with Gasteiger partial charge in [-0.1, -0.05) is 6.07 Å². The normalized spacial score (nSPS) is 24.7. The van der Waals surface area contributed by atoms with Crippen molar-refractivity contribution in [3.8, 4) is 5.75 Å². The quantitative estimate of drug-likeness (QED) is 0.854. The van der Waals surface area contributed by atoms with Gasteiger partial charge in [0.1, 0.15) is 0 Å². The molecule has 16 heavy (non-hydrogen) atoms. The van der Waals surface area contributed by atoms with Crippen LogP contribution in [-0.2, 0) is 4.74 Å². The molecule has 0 aromatic heterocycles. The Morgan fingerprint density at radius 1 is 1.56 bits per heavy atom. The van der Waals surface area contributed by atoms with Gasteiger partial charge in [0.15, 0.2) is 11.6 Å². The van der Waals surface area contributed by atoms with E-state index in [4.69, 9.17) is 15.2 Å². The van der Waals surface area contributed by atoms with E-state index >= 15 is 0 Å². The van der Waals surface area contributed by atoms with Crippen molar-refractivity contribution in [2.45, 2.75) is 12.5 Å². The summed E-state index contributed by atoms with van der Waals surface area (Å²) in [6.45, 7) is 1.26. The van der Waals surface area contributed by atoms with Crippen LogP contribution < -0.4 is 10.5 Å². The van der Waals surface area contributed by atoms with E-state index < -0.39 is 0 Å². The first-order valence-corrected chi connectivity index (χ1v) is 5.41. The minimum Gasteiger partial charge on any atom is -0.494 e. The average molecular weight is 225 g/mol. The van der Waals surface area contributed by atoms with E-state index in [1.807, 2.05) is 6.07 Å². The van der Waals surface area contributed by atoms with Gasteiger partial charge >= 0.3 is 0 Å². The van der Waals surface area contributed by atoms with Gasteiger partial charge in [-0.25, -0.2) is 4.39 Å². The van der Waals surface area contributed by atoms with E-state index in [9.17, 15) is 4.39 Å². The Hall–Kier alpha value is -1.13. The Kier molecular flexibility index (Phi) is 3.41. The second-order valence-corrected chi connectivity index (χ2v) is 3.97. The van der Waals surface area contributed by atoms with E-state index in [-0.39, 0.29) is 23.6 Å². The predicted molar refractivity (Wildman–Crippen MR) is 58.8 cm³/mol. The highest BCUT2D eigenvalue weighted by molar-refractivity contribution is 5.31. The zero-order chi connectivity index (χ0) is 11.5. The smallest absolute Gasteiger partial charge is 0.165 e. The third-order valence-electron chi connectivity index (χ3n) is 3.02. The lowest BCUT2D eigenvalue weighted by Gasteiger charge is -2.17. The molecule has 2 atom stereocenters. The molecule has 2 rings (SSSR count). The Balaban J connectivity index is 2.23. The van der Waals surface area contributed by atoms with Crippen LogP contribution in [0.4, 0.5) is 4.39 Å². The summed E-state index contributed by atoms with van der Waals surface area (Å²) in [5, 5.41) is 0. The van der Waals surface area contributed by atoms with Gasteiger partial charge in [0.05, 0.1) is 13.2 Å². The van der Waals surface area contributed by atoms with Gasteiger partial charge in [-0.2, -0.15) is 0 Å². The molecule has 2 unspecified atom stereocenters. The molecule has 0 bridgehead atoms. The zero-order valence-electron chi connectivity index (χ0n) is 9.28. The van der Waals surface area contributed by atoms with Gasteiger partial charge in [0.25, 0.3) is 0 Å². The van der Waals surface area contributed by atoms with Crippen LogP contribution in [0.1, 0.15) is 18.1 Å². The van der Waals surface area contributed by atoms with Crippen molar-refractivity contribution in [1.29, 1.82) is 0 Å². The Morgan fingerprint density at radius 3 is 3.00 bits per heavy atom. The molecule has 4 heteroatoms. The van der Waals surface area contributed by atoms with E-state index in [0.717, 1.165) is 12.0 Å². The minimum atomic E-state index is -0.355. The summed E-state index contributed by atoms with van der Waals surface area (Å²) in [7, 11) is 1.45. The van der Waals surface area contributed by atoms with Gasteiger partial charge in [-0.05, 0) is 30.7 Å². The highest BCUT2D eigenvalue weighted by atomic mass is 19.1. The number of hydrogen-bond acceptors (Lipinski definition) is 3. The maximum absolute atomic E-state index is 13.5. The lowest BCUT2D eigenvalue weighted by atomic mass is 9.95. The second-order valence-electron chi connectivity index (χ2n) is 3.97. The van der Waals surface area contributed by atoms with Crippen LogP contribution in [0.15, 0.2) is 18.2 Å². The molecule has 3 nitrogen and oxygen atoms in total. The Labute approximate surface area is 94.3 Å². The van der Waals surface area contributed by atoms with Crippen LogP contribution >= 0.6 is 0 Å². The number of nitrogens with two attached hydrogens (primary N) is 1. The molecule has 0 amide bonds. The fourth-order valence-corrected chi connectivity index (χ4v) is 2.10. The van der Waals surface area contributed by atoms with Crippen LogP contribution in [0.25, 0.3) is 0 Å². The van der Waals surface area contributed by atoms with E-state index in [2.05, 4.69) is 0 Å². The fraction of sp³-hybridized carbons (Fsp3) is 0.500. The topological polar surface area (TPSA) is 44.5 Å². The van der Waals surface area contributed by atoms with Gasteiger partial charge in [-0.3, -0.25) is 0 Å². The lowest BCUT2D eigenvalue weighted by molar-refractivity contribution is 0.0921. The highest BCUT2D eigenvalue weighted by Crippen LogP contribution is 2.35. The maximum Gasteiger partial charge on any atom is 0.165 e. The van der Waals surface area contributed by atoms with Crippen LogP contribution in [0.3, 0.4) is 0 Å². The SMILES string of the molecule is COc1ccc(C2OCCC2CN)cc1F. The van der Waals surface area contributed by atoms with Crippen LogP contribution in [-0.4, -0.2) is 20.3 Å². The van der Waals surface area contributed by atoms with Gasteiger partial charge in [0, 0.05) is 12.5 Å². The molecule has 1 aliphatic heterocycles. The van der Waals surface area contributed by atoms with Crippen LogP contribution in [0.5, 0.6) is 5.75 Å². The monoisotopic (exact) mass is 225 g/mol. The minimum absolute atomic E-state index is 0.0783. The molecule has 1 heterocycles. The molecule has 1 aromatic carbocycles. The van der Waals surface area contributed by atoms with Crippen LogP contribution in [0.2, 0.25) is 0 Å². The van der Waals surface area contributed by atoms with E-state index in [1.54, 1.807) is 6.07 Å². The molecule has 1 fully saturated rings. The predicted octanol–water partition coefficient (Wildman–Crippen LogP) is 1.87. The maximum atomic E-state index is 13.5.